The molecule has 0 bridgehead atoms. The van der Waals surface area contributed by atoms with Crippen molar-refractivity contribution < 1.29 is 14.1 Å². The third-order valence-electron chi connectivity index (χ3n) is 2.17. The van der Waals surface area contributed by atoms with Gasteiger partial charge in [-0.1, -0.05) is 5.16 Å². The number of aromatic nitrogens is 2. The molecule has 5 nitrogen and oxygen atoms in total. The Morgan fingerprint density at radius 3 is 3.00 bits per heavy atom. The number of hydrogen-bond acceptors (Lipinski definition) is 6. The average molecular weight is 252 g/mol. The van der Waals surface area contributed by atoms with Crippen LogP contribution in [0.25, 0.3) is 11.4 Å². The lowest BCUT2D eigenvalue weighted by molar-refractivity contribution is -0.142. The second-order valence-electron chi connectivity index (χ2n) is 3.46. The van der Waals surface area contributed by atoms with Crippen LogP contribution in [-0.2, 0) is 16.0 Å². The fourth-order valence-corrected chi connectivity index (χ4v) is 2.19. The molecule has 2 aromatic rings. The van der Waals surface area contributed by atoms with Gasteiger partial charge < -0.3 is 9.26 Å². The van der Waals surface area contributed by atoms with Gasteiger partial charge in [0.15, 0.2) is 0 Å². The number of thiophene rings is 1. The normalized spacial score (nSPS) is 10.5. The van der Waals surface area contributed by atoms with Crippen LogP contribution in [0.2, 0.25) is 0 Å². The molecule has 0 atom stereocenters. The molecule has 0 amide bonds. The first-order valence-electron chi connectivity index (χ1n) is 5.22. The fraction of sp³-hybridized carbons (Fsp3) is 0.364. The first kappa shape index (κ1) is 11.8. The average Bonchev–Trinajstić information content (AvgIpc) is 2.87. The molecule has 2 rings (SSSR count). The first-order chi connectivity index (χ1) is 8.20. The minimum atomic E-state index is -0.357. The second kappa shape index (κ2) is 5.09. The van der Waals surface area contributed by atoms with Crippen LogP contribution in [0.15, 0.2) is 15.3 Å². The molecule has 90 valence electrons. The summed E-state index contributed by atoms with van der Waals surface area (Å²) in [5.41, 5.74) is 2.03. The molecule has 0 unspecified atom stereocenters. The van der Waals surface area contributed by atoms with Gasteiger partial charge in [0, 0.05) is 10.9 Å². The summed E-state index contributed by atoms with van der Waals surface area (Å²) in [4.78, 5) is 15.4. The minimum Gasteiger partial charge on any atom is -0.466 e. The number of rotatable bonds is 4. The Morgan fingerprint density at radius 1 is 1.53 bits per heavy atom. The summed E-state index contributed by atoms with van der Waals surface area (Å²) in [6.07, 6.45) is 0.0179. The van der Waals surface area contributed by atoms with Crippen LogP contribution < -0.4 is 0 Å². The maximum absolute atomic E-state index is 11.2. The van der Waals surface area contributed by atoms with E-state index in [1.165, 1.54) is 0 Å². The lowest BCUT2D eigenvalue weighted by Crippen LogP contribution is -2.07. The molecule has 2 heterocycles. The third-order valence-corrected chi connectivity index (χ3v) is 3.03. The summed E-state index contributed by atoms with van der Waals surface area (Å²) in [5.74, 6) is 0.442. The largest absolute Gasteiger partial charge is 0.466 e. The Balaban J connectivity index is 2.11. The Bertz CT molecular complexity index is 518. The van der Waals surface area contributed by atoms with Crippen molar-refractivity contribution >= 4 is 17.3 Å². The van der Waals surface area contributed by atoms with Crippen LogP contribution in [0.4, 0.5) is 0 Å². The number of nitrogens with zero attached hydrogens (tertiary/aromatic N) is 2. The standard InChI is InChI=1S/C11H12N2O3S/c1-3-15-10(14)4-9-12-11(13-16-9)8-6-17-5-7(8)2/h5-6H,3-4H2,1-2H3. The topological polar surface area (TPSA) is 65.2 Å². The molecule has 2 aromatic heterocycles. The van der Waals surface area contributed by atoms with Crippen LogP contribution in [-0.4, -0.2) is 22.7 Å². The van der Waals surface area contributed by atoms with Crippen molar-refractivity contribution in [1.29, 1.82) is 0 Å². The van der Waals surface area contributed by atoms with E-state index in [9.17, 15) is 4.79 Å². The van der Waals surface area contributed by atoms with Crippen LogP contribution in [0.5, 0.6) is 0 Å². The van der Waals surface area contributed by atoms with E-state index >= 15 is 0 Å². The van der Waals surface area contributed by atoms with Gasteiger partial charge in [0.05, 0.1) is 6.61 Å². The monoisotopic (exact) mass is 252 g/mol. The summed E-state index contributed by atoms with van der Waals surface area (Å²) in [5, 5.41) is 7.81. The molecular formula is C11H12N2O3S. The predicted molar refractivity (Wildman–Crippen MR) is 62.7 cm³/mol. The highest BCUT2D eigenvalue weighted by Gasteiger charge is 2.14. The summed E-state index contributed by atoms with van der Waals surface area (Å²) < 4.78 is 9.81. The summed E-state index contributed by atoms with van der Waals surface area (Å²) in [6, 6.07) is 0. The Labute approximate surface area is 102 Å². The van der Waals surface area contributed by atoms with Gasteiger partial charge in [0.1, 0.15) is 6.42 Å². The molecule has 0 N–H and O–H groups in total. The minimum absolute atomic E-state index is 0.0179. The third kappa shape index (κ3) is 2.71. The highest BCUT2D eigenvalue weighted by Crippen LogP contribution is 2.24. The van der Waals surface area contributed by atoms with E-state index in [0.717, 1.165) is 11.1 Å². The van der Waals surface area contributed by atoms with Gasteiger partial charge in [-0.05, 0) is 24.8 Å². The van der Waals surface area contributed by atoms with Gasteiger partial charge in [-0.2, -0.15) is 16.3 Å². The van der Waals surface area contributed by atoms with E-state index in [4.69, 9.17) is 9.26 Å². The van der Waals surface area contributed by atoms with E-state index in [1.54, 1.807) is 18.3 Å². The van der Waals surface area contributed by atoms with E-state index in [-0.39, 0.29) is 18.3 Å². The van der Waals surface area contributed by atoms with Crippen molar-refractivity contribution in [2.75, 3.05) is 6.61 Å². The van der Waals surface area contributed by atoms with Crippen LogP contribution in [0.1, 0.15) is 18.4 Å². The summed E-state index contributed by atoms with van der Waals surface area (Å²) >= 11 is 1.58. The van der Waals surface area contributed by atoms with Crippen molar-refractivity contribution in [2.45, 2.75) is 20.3 Å². The lowest BCUT2D eigenvalue weighted by Gasteiger charge is -1.96. The highest BCUT2D eigenvalue weighted by molar-refractivity contribution is 7.08. The number of carbonyl (C=O) groups is 1. The lowest BCUT2D eigenvalue weighted by atomic mass is 10.2. The molecule has 0 aliphatic rings. The number of carbonyl (C=O) groups excluding carboxylic acids is 1. The predicted octanol–water partition coefficient (Wildman–Crippen LogP) is 2.21. The SMILES string of the molecule is CCOC(=O)Cc1nc(-c2cscc2C)no1. The molecule has 0 aliphatic heterocycles. The van der Waals surface area contributed by atoms with Crippen molar-refractivity contribution in [1.82, 2.24) is 10.1 Å². The molecule has 0 spiro atoms. The van der Waals surface area contributed by atoms with E-state index in [2.05, 4.69) is 10.1 Å². The Hall–Kier alpha value is -1.69. The molecule has 17 heavy (non-hydrogen) atoms. The summed E-state index contributed by atoms with van der Waals surface area (Å²) in [7, 11) is 0. The second-order valence-corrected chi connectivity index (χ2v) is 4.21. The van der Waals surface area contributed by atoms with Gasteiger partial charge >= 0.3 is 5.97 Å². The zero-order chi connectivity index (χ0) is 12.3. The van der Waals surface area contributed by atoms with Gasteiger partial charge in [-0.3, -0.25) is 4.79 Å². The van der Waals surface area contributed by atoms with Crippen LogP contribution in [0.3, 0.4) is 0 Å². The Morgan fingerprint density at radius 2 is 2.35 bits per heavy atom. The molecule has 0 aromatic carbocycles. The zero-order valence-electron chi connectivity index (χ0n) is 9.60. The van der Waals surface area contributed by atoms with Gasteiger partial charge in [0.25, 0.3) is 0 Å². The quantitative estimate of drug-likeness (QED) is 0.780. The van der Waals surface area contributed by atoms with E-state index < -0.39 is 0 Å². The maximum atomic E-state index is 11.2. The number of ether oxygens (including phenoxy) is 1. The first-order valence-corrected chi connectivity index (χ1v) is 6.16. The molecule has 0 radical (unpaired) electrons. The van der Waals surface area contributed by atoms with Crippen molar-refractivity contribution in [2.24, 2.45) is 0 Å². The molecular weight excluding hydrogens is 240 g/mol. The highest BCUT2D eigenvalue weighted by atomic mass is 32.1. The smallest absolute Gasteiger partial charge is 0.315 e. The van der Waals surface area contributed by atoms with Gasteiger partial charge in [-0.25, -0.2) is 0 Å². The van der Waals surface area contributed by atoms with Crippen molar-refractivity contribution in [3.05, 3.63) is 22.2 Å². The molecule has 0 saturated heterocycles. The number of hydrogen-bond donors (Lipinski definition) is 0. The maximum Gasteiger partial charge on any atom is 0.315 e. The van der Waals surface area contributed by atoms with Crippen molar-refractivity contribution in [3.63, 3.8) is 0 Å². The van der Waals surface area contributed by atoms with Gasteiger partial charge in [0.2, 0.25) is 11.7 Å². The van der Waals surface area contributed by atoms with Gasteiger partial charge in [-0.15, -0.1) is 0 Å². The number of esters is 1. The molecule has 0 saturated carbocycles. The molecule has 0 fully saturated rings. The molecule has 0 aliphatic carbocycles. The van der Waals surface area contributed by atoms with E-state index in [0.29, 0.717) is 12.4 Å². The van der Waals surface area contributed by atoms with Crippen molar-refractivity contribution in [3.8, 4) is 11.4 Å². The van der Waals surface area contributed by atoms with Crippen LogP contribution >= 0.6 is 11.3 Å². The zero-order valence-corrected chi connectivity index (χ0v) is 10.4. The number of aryl methyl sites for hydroxylation is 1. The molecule has 6 heteroatoms. The summed E-state index contributed by atoms with van der Waals surface area (Å²) in [6.45, 7) is 4.09. The Kier molecular flexibility index (Phi) is 3.53. The van der Waals surface area contributed by atoms with Crippen LogP contribution in [0, 0.1) is 6.92 Å². The fourth-order valence-electron chi connectivity index (χ4n) is 1.36. The van der Waals surface area contributed by atoms with E-state index in [1.807, 2.05) is 17.7 Å².